The molecule has 0 saturated carbocycles. The summed E-state index contributed by atoms with van der Waals surface area (Å²) in [5.74, 6) is -1.56. The summed E-state index contributed by atoms with van der Waals surface area (Å²) in [6.45, 7) is -0.815. The molecule has 0 radical (unpaired) electrons. The third-order valence-corrected chi connectivity index (χ3v) is 4.46. The molecule has 2 aromatic rings. The number of primary sulfonamides is 1. The fraction of sp³-hybridized carbons (Fsp3) is 0.133. The molecule has 26 heavy (non-hydrogen) atoms. The van der Waals surface area contributed by atoms with Crippen molar-refractivity contribution in [2.75, 3.05) is 6.61 Å². The maximum Gasteiger partial charge on any atom is 0.416 e. The van der Waals surface area contributed by atoms with E-state index in [2.05, 4.69) is 0 Å². The van der Waals surface area contributed by atoms with E-state index in [9.17, 15) is 26.4 Å². The van der Waals surface area contributed by atoms with Gasteiger partial charge in [0.05, 0.1) is 10.5 Å². The van der Waals surface area contributed by atoms with Gasteiger partial charge in [0, 0.05) is 16.1 Å². The topological polar surface area (TPSA) is 107 Å². The van der Waals surface area contributed by atoms with E-state index in [1.54, 1.807) is 0 Å². The Bertz CT molecular complexity index is 960. The van der Waals surface area contributed by atoms with Gasteiger partial charge in [-0.15, -0.1) is 0 Å². The molecule has 0 bridgehead atoms. The van der Waals surface area contributed by atoms with Gasteiger partial charge >= 0.3 is 12.1 Å². The highest BCUT2D eigenvalue weighted by Gasteiger charge is 2.31. The van der Waals surface area contributed by atoms with Gasteiger partial charge in [-0.3, -0.25) is 0 Å². The molecule has 3 N–H and O–H groups in total. The van der Waals surface area contributed by atoms with Crippen LogP contribution in [0, 0.1) is 0 Å². The lowest BCUT2D eigenvalue weighted by molar-refractivity contribution is -0.140. The van der Waals surface area contributed by atoms with Crippen molar-refractivity contribution in [2.24, 2.45) is 5.14 Å². The fourth-order valence-corrected chi connectivity index (χ4v) is 2.83. The summed E-state index contributed by atoms with van der Waals surface area (Å²) < 4.78 is 67.0. The van der Waals surface area contributed by atoms with E-state index >= 15 is 0 Å². The van der Waals surface area contributed by atoms with Crippen molar-refractivity contribution in [1.82, 2.24) is 0 Å². The minimum absolute atomic E-state index is 0.0723. The zero-order valence-corrected chi connectivity index (χ0v) is 14.3. The molecule has 0 saturated heterocycles. The van der Waals surface area contributed by atoms with Crippen molar-refractivity contribution in [3.05, 3.63) is 47.0 Å². The number of carboxylic acids is 1. The van der Waals surface area contributed by atoms with Crippen molar-refractivity contribution in [1.29, 1.82) is 0 Å². The van der Waals surface area contributed by atoms with Crippen LogP contribution in [0.15, 0.2) is 41.3 Å². The van der Waals surface area contributed by atoms with E-state index in [-0.39, 0.29) is 26.8 Å². The molecular weight excluding hydrogens is 399 g/mol. The van der Waals surface area contributed by atoms with Gasteiger partial charge in [-0.2, -0.15) is 13.2 Å². The average Bonchev–Trinajstić information content (AvgIpc) is 2.51. The first kappa shape index (κ1) is 20.0. The number of hydrogen-bond donors (Lipinski definition) is 2. The monoisotopic (exact) mass is 409 g/mol. The molecule has 0 spiro atoms. The molecule has 2 rings (SSSR count). The van der Waals surface area contributed by atoms with Gasteiger partial charge in [-0.05, 0) is 36.4 Å². The quantitative estimate of drug-likeness (QED) is 0.789. The SMILES string of the molecule is NS(=O)(=O)c1ccc(Cl)c(-c2cc(C(F)(F)F)ccc2OCC(=O)O)c1. The Labute approximate surface area is 151 Å². The van der Waals surface area contributed by atoms with Crippen LogP contribution in [-0.4, -0.2) is 26.1 Å². The van der Waals surface area contributed by atoms with Crippen LogP contribution in [-0.2, 0) is 21.0 Å². The van der Waals surface area contributed by atoms with Gasteiger partial charge in [0.1, 0.15) is 5.75 Å². The van der Waals surface area contributed by atoms with Crippen LogP contribution in [0.3, 0.4) is 0 Å². The summed E-state index contributed by atoms with van der Waals surface area (Å²) in [6, 6.07) is 5.55. The fourth-order valence-electron chi connectivity index (χ4n) is 2.07. The lowest BCUT2D eigenvalue weighted by atomic mass is 10.0. The number of benzene rings is 2. The normalized spacial score (nSPS) is 12.0. The minimum Gasteiger partial charge on any atom is -0.481 e. The molecule has 0 aliphatic heterocycles. The summed E-state index contributed by atoms with van der Waals surface area (Å²) >= 11 is 5.99. The third kappa shape index (κ3) is 4.65. The number of ether oxygens (including phenoxy) is 1. The minimum atomic E-state index is -4.69. The average molecular weight is 410 g/mol. The van der Waals surface area contributed by atoms with Crippen LogP contribution in [0.2, 0.25) is 5.02 Å². The molecular formula is C15H11ClF3NO5S. The number of alkyl halides is 3. The number of halogens is 4. The van der Waals surface area contributed by atoms with Crippen molar-refractivity contribution < 1.29 is 36.2 Å². The first-order valence-corrected chi connectivity index (χ1v) is 8.70. The molecule has 0 heterocycles. The summed E-state index contributed by atoms with van der Waals surface area (Å²) in [6.07, 6.45) is -4.69. The Morgan fingerprint density at radius 2 is 1.81 bits per heavy atom. The van der Waals surface area contributed by atoms with E-state index in [0.717, 1.165) is 24.3 Å². The summed E-state index contributed by atoms with van der Waals surface area (Å²) in [4.78, 5) is 10.3. The molecule has 11 heteroatoms. The van der Waals surface area contributed by atoms with Crippen molar-refractivity contribution >= 4 is 27.6 Å². The molecule has 6 nitrogen and oxygen atoms in total. The number of sulfonamides is 1. The number of hydrogen-bond acceptors (Lipinski definition) is 4. The zero-order chi connectivity index (χ0) is 19.7. The van der Waals surface area contributed by atoms with Crippen LogP contribution in [0.25, 0.3) is 11.1 Å². The molecule has 2 aromatic carbocycles. The van der Waals surface area contributed by atoms with Gasteiger partial charge in [-0.25, -0.2) is 18.4 Å². The van der Waals surface area contributed by atoms with Crippen LogP contribution in [0.5, 0.6) is 5.75 Å². The van der Waals surface area contributed by atoms with E-state index in [0.29, 0.717) is 12.1 Å². The van der Waals surface area contributed by atoms with Crippen LogP contribution in [0.4, 0.5) is 13.2 Å². The molecule has 0 fully saturated rings. The maximum atomic E-state index is 13.0. The lowest BCUT2D eigenvalue weighted by Gasteiger charge is -2.15. The van der Waals surface area contributed by atoms with Crippen molar-refractivity contribution in [2.45, 2.75) is 11.1 Å². The van der Waals surface area contributed by atoms with Gasteiger partial charge < -0.3 is 9.84 Å². The Morgan fingerprint density at radius 3 is 2.35 bits per heavy atom. The smallest absolute Gasteiger partial charge is 0.416 e. The summed E-state index contributed by atoms with van der Waals surface area (Å²) in [5, 5.41) is 13.7. The molecule has 0 atom stereocenters. The van der Waals surface area contributed by atoms with E-state index in [1.165, 1.54) is 0 Å². The molecule has 0 amide bonds. The standard InChI is InChI=1S/C15H11ClF3NO5S/c16-12-3-2-9(26(20,23)24)6-10(12)11-5-8(15(17,18)19)1-4-13(11)25-7-14(21)22/h1-6H,7H2,(H,21,22)(H2,20,23,24). The predicted octanol–water partition coefficient (Wildman–Crippen LogP) is 3.14. The Balaban J connectivity index is 2.70. The third-order valence-electron chi connectivity index (χ3n) is 3.21. The number of aliphatic carboxylic acids is 1. The van der Waals surface area contributed by atoms with Crippen LogP contribution < -0.4 is 9.88 Å². The van der Waals surface area contributed by atoms with Crippen molar-refractivity contribution in [3.8, 4) is 16.9 Å². The first-order chi connectivity index (χ1) is 11.9. The molecule has 0 aromatic heterocycles. The highest BCUT2D eigenvalue weighted by atomic mass is 35.5. The maximum absolute atomic E-state index is 13.0. The second kappa shape index (κ2) is 7.14. The number of rotatable bonds is 5. The lowest BCUT2D eigenvalue weighted by Crippen LogP contribution is -2.13. The number of carbonyl (C=O) groups is 1. The van der Waals surface area contributed by atoms with E-state index in [4.69, 9.17) is 26.6 Å². The Hall–Kier alpha value is -2.30. The van der Waals surface area contributed by atoms with Gasteiger partial charge in [-0.1, -0.05) is 11.6 Å². The van der Waals surface area contributed by atoms with Crippen LogP contribution in [0.1, 0.15) is 5.56 Å². The largest absolute Gasteiger partial charge is 0.481 e. The highest BCUT2D eigenvalue weighted by Crippen LogP contribution is 2.40. The molecule has 0 unspecified atom stereocenters. The van der Waals surface area contributed by atoms with Gasteiger partial charge in [0.2, 0.25) is 10.0 Å². The second-order valence-electron chi connectivity index (χ2n) is 5.08. The zero-order valence-electron chi connectivity index (χ0n) is 12.7. The Morgan fingerprint density at radius 1 is 1.15 bits per heavy atom. The predicted molar refractivity (Wildman–Crippen MR) is 86.4 cm³/mol. The Kier molecular flexibility index (Phi) is 5.49. The van der Waals surface area contributed by atoms with E-state index < -0.39 is 34.3 Å². The van der Waals surface area contributed by atoms with Gasteiger partial charge in [0.15, 0.2) is 6.61 Å². The molecule has 0 aliphatic carbocycles. The first-order valence-electron chi connectivity index (χ1n) is 6.78. The number of nitrogens with two attached hydrogens (primary N) is 1. The summed E-state index contributed by atoms with van der Waals surface area (Å²) in [7, 11) is -4.14. The van der Waals surface area contributed by atoms with Crippen molar-refractivity contribution in [3.63, 3.8) is 0 Å². The summed E-state index contributed by atoms with van der Waals surface area (Å²) in [5.41, 5.74) is -1.38. The van der Waals surface area contributed by atoms with Crippen LogP contribution >= 0.6 is 11.6 Å². The van der Waals surface area contributed by atoms with Gasteiger partial charge in [0.25, 0.3) is 0 Å². The van der Waals surface area contributed by atoms with E-state index in [1.807, 2.05) is 0 Å². The molecule has 0 aliphatic rings. The molecule has 140 valence electrons. The second-order valence-corrected chi connectivity index (χ2v) is 7.05. The highest BCUT2D eigenvalue weighted by molar-refractivity contribution is 7.89. The number of carboxylic acid groups (broad SMARTS) is 1.